The lowest BCUT2D eigenvalue weighted by Gasteiger charge is -2.26. The lowest BCUT2D eigenvalue weighted by Crippen LogP contribution is -2.38. The molecule has 2 heterocycles. The van der Waals surface area contributed by atoms with Crippen LogP contribution in [0.1, 0.15) is 45.3 Å². The van der Waals surface area contributed by atoms with Gasteiger partial charge in [0.2, 0.25) is 5.91 Å². The molecule has 2 aromatic rings. The Morgan fingerprint density at radius 2 is 1.84 bits per heavy atom. The molecule has 138 valence electrons. The van der Waals surface area contributed by atoms with E-state index in [1.54, 1.807) is 23.1 Å². The lowest BCUT2D eigenvalue weighted by atomic mass is 10.1. The second-order valence-corrected chi connectivity index (χ2v) is 9.32. The number of nitrogens with zero attached hydrogens (tertiary/aromatic N) is 3. The number of carbonyl (C=O) groups is 1. The zero-order chi connectivity index (χ0) is 18.6. The highest BCUT2D eigenvalue weighted by Gasteiger charge is 2.18. The van der Waals surface area contributed by atoms with Gasteiger partial charge in [0.25, 0.3) is 0 Å². The molecule has 0 aliphatic heterocycles. The first-order valence-electron chi connectivity index (χ1n) is 8.97. The number of aromatic nitrogens is 2. The molecule has 6 heteroatoms. The van der Waals surface area contributed by atoms with Gasteiger partial charge < -0.3 is 4.90 Å². The van der Waals surface area contributed by atoms with Gasteiger partial charge in [0.05, 0.1) is 5.75 Å². The normalized spacial score (nSPS) is 11.7. The summed E-state index contributed by atoms with van der Waals surface area (Å²) in [6.07, 6.45) is 1.000. The van der Waals surface area contributed by atoms with E-state index in [-0.39, 0.29) is 5.91 Å². The molecule has 0 aliphatic rings. The maximum Gasteiger partial charge on any atom is 0.233 e. The number of carbonyl (C=O) groups excluding carboxylic acids is 1. The van der Waals surface area contributed by atoms with E-state index in [1.165, 1.54) is 4.88 Å². The Morgan fingerprint density at radius 3 is 2.40 bits per heavy atom. The van der Waals surface area contributed by atoms with Crippen LogP contribution >= 0.6 is 23.1 Å². The molecule has 0 atom stereocenters. The zero-order valence-corrected chi connectivity index (χ0v) is 17.8. The van der Waals surface area contributed by atoms with Crippen LogP contribution in [0.25, 0.3) is 10.2 Å². The van der Waals surface area contributed by atoms with E-state index in [2.05, 4.69) is 50.7 Å². The predicted octanol–water partition coefficient (Wildman–Crippen LogP) is 4.79. The van der Waals surface area contributed by atoms with Crippen LogP contribution in [-0.4, -0.2) is 39.6 Å². The summed E-state index contributed by atoms with van der Waals surface area (Å²) >= 11 is 3.27. The molecule has 2 rings (SSSR count). The topological polar surface area (TPSA) is 46.1 Å². The van der Waals surface area contributed by atoms with Crippen molar-refractivity contribution < 1.29 is 4.79 Å². The summed E-state index contributed by atoms with van der Waals surface area (Å²) in [6.45, 7) is 14.3. The van der Waals surface area contributed by atoms with Crippen molar-refractivity contribution in [1.82, 2.24) is 14.9 Å². The third-order valence-corrected chi connectivity index (χ3v) is 5.87. The van der Waals surface area contributed by atoms with Crippen LogP contribution in [0.4, 0.5) is 0 Å². The van der Waals surface area contributed by atoms with Gasteiger partial charge in [-0.15, -0.1) is 11.3 Å². The van der Waals surface area contributed by atoms with Crippen LogP contribution in [0.15, 0.2) is 11.1 Å². The Balaban J connectivity index is 2.14. The maximum absolute atomic E-state index is 12.7. The van der Waals surface area contributed by atoms with Gasteiger partial charge in [-0.05, 0) is 31.2 Å². The van der Waals surface area contributed by atoms with E-state index in [0.29, 0.717) is 17.6 Å². The number of thiophene rings is 1. The highest BCUT2D eigenvalue weighted by molar-refractivity contribution is 8.00. The third kappa shape index (κ3) is 5.68. The molecule has 0 unspecified atom stereocenters. The largest absolute Gasteiger partial charge is 0.341 e. The molecule has 0 saturated carbocycles. The summed E-state index contributed by atoms with van der Waals surface area (Å²) in [5, 5.41) is 2.02. The number of aryl methyl sites for hydroxylation is 2. The molecule has 0 radical (unpaired) electrons. The molecule has 0 spiro atoms. The minimum absolute atomic E-state index is 0.197. The number of amides is 1. The second kappa shape index (κ2) is 8.99. The van der Waals surface area contributed by atoms with E-state index in [0.717, 1.165) is 40.6 Å². The molecular formula is C19H29N3OS2. The molecule has 0 saturated heterocycles. The van der Waals surface area contributed by atoms with Crippen molar-refractivity contribution >= 4 is 39.2 Å². The monoisotopic (exact) mass is 379 g/mol. The van der Waals surface area contributed by atoms with Gasteiger partial charge in [-0.3, -0.25) is 4.79 Å². The Bertz CT molecular complexity index is 715. The fourth-order valence-electron chi connectivity index (χ4n) is 2.71. The van der Waals surface area contributed by atoms with Crippen molar-refractivity contribution in [1.29, 1.82) is 0 Å². The first-order valence-corrected chi connectivity index (χ1v) is 10.8. The molecule has 0 bridgehead atoms. The summed E-state index contributed by atoms with van der Waals surface area (Å²) in [6, 6.07) is 2.17. The highest BCUT2D eigenvalue weighted by atomic mass is 32.2. The van der Waals surface area contributed by atoms with Crippen molar-refractivity contribution in [2.45, 2.75) is 53.0 Å². The smallest absolute Gasteiger partial charge is 0.233 e. The Kier molecular flexibility index (Phi) is 7.25. The van der Waals surface area contributed by atoms with Crippen LogP contribution in [0.2, 0.25) is 0 Å². The Morgan fingerprint density at radius 1 is 1.20 bits per heavy atom. The third-order valence-electron chi connectivity index (χ3n) is 3.73. The van der Waals surface area contributed by atoms with Gasteiger partial charge in [-0.1, -0.05) is 46.4 Å². The summed E-state index contributed by atoms with van der Waals surface area (Å²) in [5.41, 5.74) is 0. The summed E-state index contributed by atoms with van der Waals surface area (Å²) in [7, 11) is 0. The number of hydrogen-bond donors (Lipinski definition) is 0. The lowest BCUT2D eigenvalue weighted by molar-refractivity contribution is -0.129. The summed E-state index contributed by atoms with van der Waals surface area (Å²) in [5.74, 6) is 2.35. The van der Waals surface area contributed by atoms with Crippen LogP contribution < -0.4 is 0 Å². The first-order chi connectivity index (χ1) is 11.8. The number of rotatable bonds is 8. The van der Waals surface area contributed by atoms with Crippen molar-refractivity contribution in [3.8, 4) is 0 Å². The molecule has 0 N–H and O–H groups in total. The quantitative estimate of drug-likeness (QED) is 0.488. The van der Waals surface area contributed by atoms with Gasteiger partial charge in [0.1, 0.15) is 15.7 Å². The predicted molar refractivity (Wildman–Crippen MR) is 109 cm³/mol. The fourth-order valence-corrected chi connectivity index (χ4v) is 4.74. The Labute approximate surface area is 159 Å². The van der Waals surface area contributed by atoms with E-state index < -0.39 is 0 Å². The molecule has 0 aliphatic carbocycles. The van der Waals surface area contributed by atoms with Gasteiger partial charge in [0, 0.05) is 23.4 Å². The number of fused-ring (bicyclic) bond motifs is 1. The molecule has 0 aromatic carbocycles. The molecule has 1 amide bonds. The highest BCUT2D eigenvalue weighted by Crippen LogP contribution is 2.31. The maximum atomic E-state index is 12.7. The summed E-state index contributed by atoms with van der Waals surface area (Å²) < 4.78 is 0. The number of thioether (sulfide) groups is 1. The molecule has 25 heavy (non-hydrogen) atoms. The van der Waals surface area contributed by atoms with Crippen LogP contribution in [-0.2, 0) is 11.2 Å². The first kappa shape index (κ1) is 20.2. The van der Waals surface area contributed by atoms with Crippen LogP contribution in [0.3, 0.4) is 0 Å². The summed E-state index contributed by atoms with van der Waals surface area (Å²) in [4.78, 5) is 26.2. The van der Waals surface area contributed by atoms with E-state index in [9.17, 15) is 4.79 Å². The Hall–Kier alpha value is -1.14. The zero-order valence-electron chi connectivity index (χ0n) is 16.1. The van der Waals surface area contributed by atoms with Crippen molar-refractivity contribution in [2.75, 3.05) is 18.8 Å². The van der Waals surface area contributed by atoms with Crippen molar-refractivity contribution in [2.24, 2.45) is 11.8 Å². The van der Waals surface area contributed by atoms with Gasteiger partial charge >= 0.3 is 0 Å². The van der Waals surface area contributed by atoms with Gasteiger partial charge in [-0.25, -0.2) is 9.97 Å². The van der Waals surface area contributed by atoms with Crippen LogP contribution in [0, 0.1) is 18.8 Å². The minimum Gasteiger partial charge on any atom is -0.341 e. The standard InChI is InChI=1S/C19H29N3OS2/c1-7-15-8-16-18(20-14(6)21-19(16)25-15)24-11-17(23)22(9-12(2)3)10-13(4)5/h8,12-13H,7,9-11H2,1-6H3. The molecule has 0 fully saturated rings. The molecule has 2 aromatic heterocycles. The van der Waals surface area contributed by atoms with Crippen LogP contribution in [0.5, 0.6) is 0 Å². The average molecular weight is 380 g/mol. The minimum atomic E-state index is 0.197. The number of hydrogen-bond acceptors (Lipinski definition) is 5. The van der Waals surface area contributed by atoms with Crippen molar-refractivity contribution in [3.05, 3.63) is 16.8 Å². The second-order valence-electron chi connectivity index (χ2n) is 7.24. The fraction of sp³-hybridized carbons (Fsp3) is 0.632. The van der Waals surface area contributed by atoms with E-state index in [1.807, 2.05) is 11.8 Å². The van der Waals surface area contributed by atoms with E-state index in [4.69, 9.17) is 0 Å². The molecular weight excluding hydrogens is 350 g/mol. The molecule has 4 nitrogen and oxygen atoms in total. The average Bonchev–Trinajstić information content (AvgIpc) is 2.93. The SMILES string of the molecule is CCc1cc2c(SCC(=O)N(CC(C)C)CC(C)C)nc(C)nc2s1. The van der Waals surface area contributed by atoms with Gasteiger partial charge in [0.15, 0.2) is 0 Å². The van der Waals surface area contributed by atoms with Crippen molar-refractivity contribution in [3.63, 3.8) is 0 Å². The van der Waals surface area contributed by atoms with Gasteiger partial charge in [-0.2, -0.15) is 0 Å². The van der Waals surface area contributed by atoms with E-state index >= 15 is 0 Å².